The van der Waals surface area contributed by atoms with Crippen molar-refractivity contribution in [3.05, 3.63) is 59.4 Å². The molecule has 1 N–H and O–H groups in total. The van der Waals surface area contributed by atoms with Gasteiger partial charge in [0.2, 0.25) is 5.91 Å². The highest BCUT2D eigenvalue weighted by atomic mass is 32.2. The molecule has 0 saturated heterocycles. The van der Waals surface area contributed by atoms with Crippen LogP contribution in [0.25, 0.3) is 0 Å². The number of anilines is 1. The normalized spacial score (nSPS) is 12.7. The van der Waals surface area contributed by atoms with Gasteiger partial charge in [-0.05, 0) is 32.0 Å². The summed E-state index contributed by atoms with van der Waals surface area (Å²) < 4.78 is 26.7. The molecule has 0 aliphatic carbocycles. The van der Waals surface area contributed by atoms with E-state index < -0.39 is 9.84 Å². The number of amides is 1. The molecule has 0 fully saturated rings. The Balaban J connectivity index is 1.61. The zero-order valence-corrected chi connectivity index (χ0v) is 16.6. The average Bonchev–Trinajstić information content (AvgIpc) is 3.27. The summed E-state index contributed by atoms with van der Waals surface area (Å²) in [6.07, 6.45) is 3.71. The number of rotatable bonds is 7. The second kappa shape index (κ2) is 8.01. The number of aromatic nitrogens is 3. The van der Waals surface area contributed by atoms with Crippen LogP contribution in [0.15, 0.2) is 53.0 Å². The van der Waals surface area contributed by atoms with Crippen molar-refractivity contribution in [2.24, 2.45) is 0 Å². The van der Waals surface area contributed by atoms with E-state index in [1.807, 2.05) is 13.8 Å². The van der Waals surface area contributed by atoms with Crippen LogP contribution in [0.5, 0.6) is 0 Å². The quantitative estimate of drug-likeness (QED) is 0.652. The summed E-state index contributed by atoms with van der Waals surface area (Å²) >= 11 is 1.21. The molecule has 142 valence electrons. The highest BCUT2D eigenvalue weighted by Crippen LogP contribution is 2.22. The minimum atomic E-state index is -3.47. The summed E-state index contributed by atoms with van der Waals surface area (Å²) in [5, 5.41) is 8.87. The van der Waals surface area contributed by atoms with Gasteiger partial charge in [0.15, 0.2) is 15.0 Å². The summed E-state index contributed by atoms with van der Waals surface area (Å²) in [6.45, 7) is 3.80. The highest BCUT2D eigenvalue weighted by Gasteiger charge is 2.18. The van der Waals surface area contributed by atoms with E-state index in [2.05, 4.69) is 15.4 Å². The highest BCUT2D eigenvalue weighted by molar-refractivity contribution is 7.90. The first kappa shape index (κ1) is 19.2. The van der Waals surface area contributed by atoms with Crippen LogP contribution in [0.4, 0.5) is 5.13 Å². The van der Waals surface area contributed by atoms with Gasteiger partial charge >= 0.3 is 0 Å². The number of nitrogens with zero attached hydrogens (tertiary/aromatic N) is 3. The molecule has 9 heteroatoms. The maximum Gasteiger partial charge on any atom is 0.228 e. The number of benzene rings is 1. The van der Waals surface area contributed by atoms with E-state index in [0.29, 0.717) is 10.8 Å². The van der Waals surface area contributed by atoms with Crippen molar-refractivity contribution >= 4 is 32.2 Å². The third-order valence-electron chi connectivity index (χ3n) is 3.97. The molecule has 1 atom stereocenters. The Kier molecular flexibility index (Phi) is 5.71. The van der Waals surface area contributed by atoms with E-state index in [4.69, 9.17) is 0 Å². The van der Waals surface area contributed by atoms with Crippen molar-refractivity contribution in [1.82, 2.24) is 14.8 Å². The van der Waals surface area contributed by atoms with Crippen LogP contribution in [-0.4, -0.2) is 29.1 Å². The fourth-order valence-corrected chi connectivity index (χ4v) is 4.61. The van der Waals surface area contributed by atoms with Crippen LogP contribution in [0, 0.1) is 6.92 Å². The van der Waals surface area contributed by atoms with Gasteiger partial charge in [0.25, 0.3) is 0 Å². The van der Waals surface area contributed by atoms with Crippen molar-refractivity contribution in [3.8, 4) is 0 Å². The number of sulfone groups is 1. The number of hydrogen-bond acceptors (Lipinski definition) is 6. The molecular weight excluding hydrogens is 384 g/mol. The first-order valence-electron chi connectivity index (χ1n) is 8.36. The van der Waals surface area contributed by atoms with Gasteiger partial charge in [0, 0.05) is 24.2 Å². The number of carbonyl (C=O) groups excluding carboxylic acids is 1. The Hall–Kier alpha value is -2.52. The van der Waals surface area contributed by atoms with Crippen molar-refractivity contribution in [3.63, 3.8) is 0 Å². The average molecular weight is 405 g/mol. The lowest BCUT2D eigenvalue weighted by atomic mass is 10.2. The van der Waals surface area contributed by atoms with E-state index in [9.17, 15) is 13.2 Å². The summed E-state index contributed by atoms with van der Waals surface area (Å²) in [5.41, 5.74) is 1.41. The molecule has 3 aromatic rings. The van der Waals surface area contributed by atoms with Gasteiger partial charge in [0.05, 0.1) is 22.4 Å². The Morgan fingerprint density at radius 1 is 1.30 bits per heavy atom. The topological polar surface area (TPSA) is 94.0 Å². The Morgan fingerprint density at radius 2 is 2.04 bits per heavy atom. The molecule has 3 rings (SSSR count). The predicted octanol–water partition coefficient (Wildman–Crippen LogP) is 3.21. The van der Waals surface area contributed by atoms with Gasteiger partial charge in [-0.2, -0.15) is 5.10 Å². The maximum atomic E-state index is 12.5. The molecule has 0 radical (unpaired) electrons. The predicted molar refractivity (Wildman–Crippen MR) is 104 cm³/mol. The molecule has 0 saturated carbocycles. The zero-order chi connectivity index (χ0) is 19.4. The van der Waals surface area contributed by atoms with Crippen LogP contribution in [-0.2, 0) is 20.4 Å². The van der Waals surface area contributed by atoms with E-state index in [0.717, 1.165) is 5.56 Å². The number of aryl methyl sites for hydroxylation is 1. The van der Waals surface area contributed by atoms with Crippen molar-refractivity contribution in [2.45, 2.75) is 37.0 Å². The molecule has 2 heterocycles. The van der Waals surface area contributed by atoms with Crippen LogP contribution in [0.1, 0.15) is 30.6 Å². The lowest BCUT2D eigenvalue weighted by Crippen LogP contribution is -2.17. The number of thiazole rings is 1. The van der Waals surface area contributed by atoms with Crippen LogP contribution in [0.3, 0.4) is 0 Å². The molecule has 0 aliphatic heterocycles. The molecule has 1 aromatic carbocycles. The van der Waals surface area contributed by atoms with E-state index >= 15 is 0 Å². The first-order valence-corrected chi connectivity index (χ1v) is 10.9. The van der Waals surface area contributed by atoms with Gasteiger partial charge in [-0.3, -0.25) is 9.48 Å². The van der Waals surface area contributed by atoms with Gasteiger partial charge in [-0.1, -0.05) is 17.7 Å². The Bertz CT molecular complexity index is 1010. The van der Waals surface area contributed by atoms with Gasteiger partial charge in [0.1, 0.15) is 0 Å². The minimum absolute atomic E-state index is 0.0821. The van der Waals surface area contributed by atoms with E-state index in [1.165, 1.54) is 11.3 Å². The van der Waals surface area contributed by atoms with Crippen LogP contribution < -0.4 is 5.32 Å². The summed E-state index contributed by atoms with van der Waals surface area (Å²) in [6, 6.07) is 8.44. The second-order valence-electron chi connectivity index (χ2n) is 6.30. The van der Waals surface area contributed by atoms with Crippen molar-refractivity contribution < 1.29 is 13.2 Å². The molecule has 0 spiro atoms. The molecular formula is C18H20N4O3S2. The Morgan fingerprint density at radius 3 is 2.70 bits per heavy atom. The number of nitrogens with one attached hydrogen (secondary N) is 1. The zero-order valence-electron chi connectivity index (χ0n) is 15.0. The third-order valence-corrected chi connectivity index (χ3v) is 6.45. The van der Waals surface area contributed by atoms with E-state index in [1.54, 1.807) is 52.8 Å². The van der Waals surface area contributed by atoms with Gasteiger partial charge < -0.3 is 5.32 Å². The monoisotopic (exact) mass is 404 g/mol. The summed E-state index contributed by atoms with van der Waals surface area (Å²) in [7, 11) is -3.47. The number of hydrogen-bond donors (Lipinski definition) is 1. The molecule has 27 heavy (non-hydrogen) atoms. The standard InChI is InChI=1S/C18H20N4O3S2/c1-13-4-6-16(7-5-13)27(24,25)12-15-11-26-18(20-15)21-17(23)10-14(2)22-9-3-8-19-22/h3-9,11,14H,10,12H2,1-2H3,(H,20,21,23). The van der Waals surface area contributed by atoms with E-state index in [-0.39, 0.29) is 29.0 Å². The fourth-order valence-electron chi connectivity index (χ4n) is 2.53. The lowest BCUT2D eigenvalue weighted by molar-refractivity contribution is -0.116. The minimum Gasteiger partial charge on any atom is -0.302 e. The van der Waals surface area contributed by atoms with Crippen molar-refractivity contribution in [1.29, 1.82) is 0 Å². The smallest absolute Gasteiger partial charge is 0.228 e. The fraction of sp³-hybridized carbons (Fsp3) is 0.278. The van der Waals surface area contributed by atoms with Crippen LogP contribution >= 0.6 is 11.3 Å². The first-order chi connectivity index (χ1) is 12.8. The lowest BCUT2D eigenvalue weighted by Gasteiger charge is -2.11. The summed E-state index contributed by atoms with van der Waals surface area (Å²) in [5.74, 6) is -0.396. The molecule has 0 bridgehead atoms. The maximum absolute atomic E-state index is 12.5. The molecule has 2 aromatic heterocycles. The molecule has 1 unspecified atom stereocenters. The summed E-state index contributed by atoms with van der Waals surface area (Å²) in [4.78, 5) is 16.7. The van der Waals surface area contributed by atoms with Crippen LogP contribution in [0.2, 0.25) is 0 Å². The third kappa shape index (κ3) is 5.01. The molecule has 0 aliphatic rings. The molecule has 1 amide bonds. The SMILES string of the molecule is Cc1ccc(S(=O)(=O)Cc2csc(NC(=O)CC(C)n3cccn3)n2)cc1. The second-order valence-corrected chi connectivity index (χ2v) is 9.15. The Labute approximate surface area is 162 Å². The van der Waals surface area contributed by atoms with Gasteiger partial charge in [-0.15, -0.1) is 11.3 Å². The van der Waals surface area contributed by atoms with Crippen molar-refractivity contribution in [2.75, 3.05) is 5.32 Å². The number of carbonyl (C=O) groups is 1. The largest absolute Gasteiger partial charge is 0.302 e. The van der Waals surface area contributed by atoms with Gasteiger partial charge in [-0.25, -0.2) is 13.4 Å². The molecule has 7 nitrogen and oxygen atoms in total.